The van der Waals surface area contributed by atoms with Gasteiger partial charge in [0.2, 0.25) is 5.16 Å². The van der Waals surface area contributed by atoms with Crippen molar-refractivity contribution in [3.8, 4) is 0 Å². The highest BCUT2D eigenvalue weighted by molar-refractivity contribution is 7.99. The lowest BCUT2D eigenvalue weighted by Gasteiger charge is -2.16. The second kappa shape index (κ2) is 6.53. The van der Waals surface area contributed by atoms with Crippen LogP contribution in [0.3, 0.4) is 0 Å². The molecule has 1 saturated carbocycles. The summed E-state index contributed by atoms with van der Waals surface area (Å²) >= 11 is 1.55. The maximum absolute atomic E-state index is 4.52. The van der Waals surface area contributed by atoms with Gasteiger partial charge in [-0.3, -0.25) is 0 Å². The number of pyridine rings is 1. The van der Waals surface area contributed by atoms with Crippen LogP contribution in [0.2, 0.25) is 0 Å². The molecule has 0 aromatic carbocycles. The number of nitrogens with zero attached hydrogens (tertiary/aromatic N) is 5. The van der Waals surface area contributed by atoms with Gasteiger partial charge in [-0.15, -0.1) is 5.10 Å². The van der Waals surface area contributed by atoms with Crippen LogP contribution < -0.4 is 5.32 Å². The van der Waals surface area contributed by atoms with Crippen molar-refractivity contribution in [3.05, 3.63) is 23.9 Å². The Hall–Kier alpha value is -1.47. The van der Waals surface area contributed by atoms with Crippen molar-refractivity contribution in [1.82, 2.24) is 30.5 Å². The molecule has 0 saturated heterocycles. The van der Waals surface area contributed by atoms with Crippen LogP contribution in [0.5, 0.6) is 0 Å². The Morgan fingerprint density at radius 1 is 1.48 bits per heavy atom. The van der Waals surface area contributed by atoms with E-state index in [4.69, 9.17) is 0 Å². The molecule has 3 rings (SSSR count). The molecule has 2 aromatic heterocycles. The van der Waals surface area contributed by atoms with Gasteiger partial charge in [-0.2, -0.15) is 0 Å². The number of rotatable bonds is 7. The molecule has 1 unspecified atom stereocenters. The van der Waals surface area contributed by atoms with E-state index in [-0.39, 0.29) is 6.04 Å². The summed E-state index contributed by atoms with van der Waals surface area (Å²) in [6.07, 6.45) is 5.28. The minimum absolute atomic E-state index is 0.270. The van der Waals surface area contributed by atoms with Crippen LogP contribution in [0.1, 0.15) is 50.8 Å². The highest BCUT2D eigenvalue weighted by atomic mass is 32.2. The topological polar surface area (TPSA) is 68.5 Å². The van der Waals surface area contributed by atoms with E-state index in [1.807, 2.05) is 16.9 Å². The van der Waals surface area contributed by atoms with Crippen LogP contribution in [0.25, 0.3) is 0 Å². The number of tetrazole rings is 1. The van der Waals surface area contributed by atoms with Gasteiger partial charge in [0.1, 0.15) is 5.03 Å². The molecule has 0 amide bonds. The van der Waals surface area contributed by atoms with Gasteiger partial charge in [-0.05, 0) is 61.0 Å². The molecule has 7 heteroatoms. The third-order valence-corrected chi connectivity index (χ3v) is 4.50. The van der Waals surface area contributed by atoms with E-state index in [0.29, 0.717) is 6.04 Å². The first-order valence-electron chi connectivity index (χ1n) is 7.43. The molecule has 0 spiro atoms. The molecule has 1 atom stereocenters. The van der Waals surface area contributed by atoms with Crippen molar-refractivity contribution in [1.29, 1.82) is 0 Å². The van der Waals surface area contributed by atoms with Gasteiger partial charge in [0.05, 0.1) is 6.04 Å². The third kappa shape index (κ3) is 3.41. The summed E-state index contributed by atoms with van der Waals surface area (Å²) in [5.74, 6) is 0. The predicted octanol–water partition coefficient (Wildman–Crippen LogP) is 2.61. The Morgan fingerprint density at radius 2 is 2.33 bits per heavy atom. The minimum atomic E-state index is 0.270. The molecule has 21 heavy (non-hydrogen) atoms. The normalized spacial score (nSPS) is 16.1. The first-order chi connectivity index (χ1) is 10.3. The van der Waals surface area contributed by atoms with E-state index < -0.39 is 0 Å². The predicted molar refractivity (Wildman–Crippen MR) is 81.2 cm³/mol. The molecule has 2 aromatic rings. The second-order valence-electron chi connectivity index (χ2n) is 5.31. The summed E-state index contributed by atoms with van der Waals surface area (Å²) in [6, 6.07) is 4.85. The largest absolute Gasteiger partial charge is 0.310 e. The molecule has 0 radical (unpaired) electrons. The summed E-state index contributed by atoms with van der Waals surface area (Å²) in [4.78, 5) is 4.52. The molecule has 2 heterocycles. The molecule has 0 bridgehead atoms. The fraction of sp³-hybridized carbons (Fsp3) is 0.571. The lowest BCUT2D eigenvalue weighted by molar-refractivity contribution is 0.556. The Morgan fingerprint density at radius 3 is 3.10 bits per heavy atom. The van der Waals surface area contributed by atoms with Crippen molar-refractivity contribution in [2.24, 2.45) is 0 Å². The van der Waals surface area contributed by atoms with Gasteiger partial charge in [-0.1, -0.05) is 13.0 Å². The molecular formula is C14H20N6S. The summed E-state index contributed by atoms with van der Waals surface area (Å²) in [5, 5.41) is 17.3. The Kier molecular flexibility index (Phi) is 4.50. The van der Waals surface area contributed by atoms with Crippen molar-refractivity contribution < 1.29 is 0 Å². The van der Waals surface area contributed by atoms with Crippen LogP contribution in [0.4, 0.5) is 0 Å². The summed E-state index contributed by atoms with van der Waals surface area (Å²) in [6.45, 7) is 5.34. The number of hydrogen-bond acceptors (Lipinski definition) is 6. The SMILES string of the molecule is CCCNC(C)c1cccnc1Sc1nnnn1C1CC1. The maximum Gasteiger partial charge on any atom is 0.215 e. The molecule has 1 aliphatic carbocycles. The average molecular weight is 304 g/mol. The highest BCUT2D eigenvalue weighted by Crippen LogP contribution is 2.38. The molecule has 1 fully saturated rings. The first-order valence-corrected chi connectivity index (χ1v) is 8.25. The van der Waals surface area contributed by atoms with Gasteiger partial charge in [-0.25, -0.2) is 9.67 Å². The fourth-order valence-electron chi connectivity index (χ4n) is 2.18. The van der Waals surface area contributed by atoms with Crippen LogP contribution in [0, 0.1) is 0 Å². The van der Waals surface area contributed by atoms with Crippen molar-refractivity contribution in [2.45, 2.75) is 55.4 Å². The van der Waals surface area contributed by atoms with E-state index in [2.05, 4.69) is 45.7 Å². The summed E-state index contributed by atoms with van der Waals surface area (Å²) < 4.78 is 1.92. The van der Waals surface area contributed by atoms with Crippen molar-refractivity contribution in [3.63, 3.8) is 0 Å². The van der Waals surface area contributed by atoms with Crippen LogP contribution in [0.15, 0.2) is 28.5 Å². The number of nitrogens with one attached hydrogen (secondary N) is 1. The van der Waals surface area contributed by atoms with E-state index in [0.717, 1.165) is 23.1 Å². The summed E-state index contributed by atoms with van der Waals surface area (Å²) in [5.41, 5.74) is 1.20. The molecular weight excluding hydrogens is 284 g/mol. The number of hydrogen-bond donors (Lipinski definition) is 1. The smallest absolute Gasteiger partial charge is 0.215 e. The van der Waals surface area contributed by atoms with Crippen molar-refractivity contribution in [2.75, 3.05) is 6.54 Å². The van der Waals surface area contributed by atoms with E-state index >= 15 is 0 Å². The van der Waals surface area contributed by atoms with Gasteiger partial charge >= 0.3 is 0 Å². The molecule has 6 nitrogen and oxygen atoms in total. The minimum Gasteiger partial charge on any atom is -0.310 e. The molecule has 112 valence electrons. The Bertz CT molecular complexity index is 595. The monoisotopic (exact) mass is 304 g/mol. The zero-order chi connectivity index (χ0) is 14.7. The average Bonchev–Trinajstić information content (AvgIpc) is 3.25. The van der Waals surface area contributed by atoms with Crippen LogP contribution >= 0.6 is 11.8 Å². The maximum atomic E-state index is 4.52. The van der Waals surface area contributed by atoms with Gasteiger partial charge < -0.3 is 5.32 Å². The second-order valence-corrected chi connectivity index (χ2v) is 6.27. The van der Waals surface area contributed by atoms with Crippen LogP contribution in [-0.4, -0.2) is 31.7 Å². The molecule has 1 N–H and O–H groups in total. The summed E-state index contributed by atoms with van der Waals surface area (Å²) in [7, 11) is 0. The zero-order valence-corrected chi connectivity index (χ0v) is 13.2. The third-order valence-electron chi connectivity index (χ3n) is 3.51. The van der Waals surface area contributed by atoms with Crippen molar-refractivity contribution >= 4 is 11.8 Å². The quantitative estimate of drug-likeness (QED) is 0.848. The lowest BCUT2D eigenvalue weighted by Crippen LogP contribution is -2.20. The fourth-order valence-corrected chi connectivity index (χ4v) is 3.18. The van der Waals surface area contributed by atoms with Gasteiger partial charge in [0, 0.05) is 17.8 Å². The van der Waals surface area contributed by atoms with Gasteiger partial charge in [0.15, 0.2) is 0 Å². The van der Waals surface area contributed by atoms with Crippen LogP contribution in [-0.2, 0) is 0 Å². The van der Waals surface area contributed by atoms with E-state index in [1.54, 1.807) is 11.8 Å². The Balaban J connectivity index is 1.79. The van der Waals surface area contributed by atoms with Gasteiger partial charge in [0.25, 0.3) is 0 Å². The highest BCUT2D eigenvalue weighted by Gasteiger charge is 2.28. The van der Waals surface area contributed by atoms with E-state index in [9.17, 15) is 0 Å². The zero-order valence-electron chi connectivity index (χ0n) is 12.4. The van der Waals surface area contributed by atoms with E-state index in [1.165, 1.54) is 18.4 Å². The molecule has 1 aliphatic rings. The first kappa shape index (κ1) is 14.5. The Labute approximate surface area is 128 Å². The molecule has 0 aliphatic heterocycles. The lowest BCUT2D eigenvalue weighted by atomic mass is 10.1. The number of aromatic nitrogens is 5. The standard InChI is InChI=1S/C14H20N6S/c1-3-8-15-10(2)12-5-4-9-16-13(12)21-14-17-18-19-20(14)11-6-7-11/h4-5,9-11,15H,3,6-8H2,1-2H3.